The Hall–Kier alpha value is -0.820. The van der Waals surface area contributed by atoms with E-state index in [1.54, 1.807) is 11.1 Å². The third-order valence-electron chi connectivity index (χ3n) is 8.28. The van der Waals surface area contributed by atoms with Crippen LogP contribution in [-0.2, 0) is 0 Å². The fraction of sp³-hybridized carbons (Fsp3) is 0.786. The van der Waals surface area contributed by atoms with Crippen LogP contribution < -0.4 is 0 Å². The fourth-order valence-electron chi connectivity index (χ4n) is 6.83. The third kappa shape index (κ3) is 5.09. The molecule has 1 aliphatic heterocycles. The maximum Gasteiger partial charge on any atom is 0.0388 e. The molecule has 1 aromatic rings. The highest BCUT2D eigenvalue weighted by molar-refractivity contribution is 5.38. The SMILES string of the molecule is CCCCCCCCC1c2ccccc2C(C2CCCCC2)N1C1CCCCC1. The molecule has 0 N–H and O–H groups in total. The summed E-state index contributed by atoms with van der Waals surface area (Å²) in [6.45, 7) is 2.32. The molecule has 3 aliphatic rings. The number of hydrogen-bond acceptors (Lipinski definition) is 1. The number of hydrogen-bond donors (Lipinski definition) is 0. The molecule has 162 valence electrons. The molecule has 0 aromatic heterocycles. The summed E-state index contributed by atoms with van der Waals surface area (Å²) in [7, 11) is 0. The minimum Gasteiger partial charge on any atom is -0.286 e. The molecule has 4 rings (SSSR count). The summed E-state index contributed by atoms with van der Waals surface area (Å²) in [6.07, 6.45) is 24.5. The van der Waals surface area contributed by atoms with Gasteiger partial charge in [0, 0.05) is 18.1 Å². The van der Waals surface area contributed by atoms with E-state index in [1.807, 2.05) is 0 Å². The molecule has 0 spiro atoms. The highest BCUT2D eigenvalue weighted by Gasteiger charge is 2.44. The first-order valence-electron chi connectivity index (χ1n) is 13.3. The number of benzene rings is 1. The average Bonchev–Trinajstić information content (AvgIpc) is 3.12. The largest absolute Gasteiger partial charge is 0.286 e. The van der Waals surface area contributed by atoms with Gasteiger partial charge in [-0.3, -0.25) is 4.90 Å². The zero-order chi connectivity index (χ0) is 19.9. The van der Waals surface area contributed by atoms with Gasteiger partial charge in [-0.1, -0.05) is 108 Å². The van der Waals surface area contributed by atoms with Gasteiger partial charge >= 0.3 is 0 Å². The van der Waals surface area contributed by atoms with E-state index in [1.165, 1.54) is 109 Å². The van der Waals surface area contributed by atoms with Crippen LogP contribution in [0.15, 0.2) is 24.3 Å². The van der Waals surface area contributed by atoms with Gasteiger partial charge in [-0.2, -0.15) is 0 Å². The molecule has 2 atom stereocenters. The van der Waals surface area contributed by atoms with Crippen molar-refractivity contribution < 1.29 is 0 Å². The molecule has 29 heavy (non-hydrogen) atoms. The van der Waals surface area contributed by atoms with Gasteiger partial charge in [-0.15, -0.1) is 0 Å². The van der Waals surface area contributed by atoms with Gasteiger partial charge in [0.15, 0.2) is 0 Å². The highest BCUT2D eigenvalue weighted by Crippen LogP contribution is 2.53. The van der Waals surface area contributed by atoms with Crippen LogP contribution in [-0.4, -0.2) is 10.9 Å². The Kier molecular flexibility index (Phi) is 8.11. The predicted molar refractivity (Wildman–Crippen MR) is 125 cm³/mol. The van der Waals surface area contributed by atoms with Gasteiger partial charge in [-0.25, -0.2) is 0 Å². The van der Waals surface area contributed by atoms with Crippen LogP contribution in [0.1, 0.15) is 139 Å². The van der Waals surface area contributed by atoms with E-state index in [2.05, 4.69) is 36.1 Å². The molecular formula is C28H45N. The topological polar surface area (TPSA) is 3.24 Å². The maximum absolute atomic E-state index is 3.10. The number of nitrogens with zero attached hydrogens (tertiary/aromatic N) is 1. The van der Waals surface area contributed by atoms with E-state index in [-0.39, 0.29) is 0 Å². The number of rotatable bonds is 9. The molecule has 0 saturated heterocycles. The summed E-state index contributed by atoms with van der Waals surface area (Å²) in [5.74, 6) is 0.904. The lowest BCUT2D eigenvalue weighted by molar-refractivity contribution is 0.0306. The predicted octanol–water partition coefficient (Wildman–Crippen LogP) is 8.75. The highest BCUT2D eigenvalue weighted by atomic mass is 15.2. The van der Waals surface area contributed by atoms with Crippen molar-refractivity contribution in [2.75, 3.05) is 0 Å². The molecule has 2 unspecified atom stereocenters. The summed E-state index contributed by atoms with van der Waals surface area (Å²) < 4.78 is 0. The van der Waals surface area contributed by atoms with Crippen molar-refractivity contribution in [2.45, 2.75) is 134 Å². The van der Waals surface area contributed by atoms with Crippen molar-refractivity contribution in [1.82, 2.24) is 4.90 Å². The van der Waals surface area contributed by atoms with Crippen molar-refractivity contribution in [3.63, 3.8) is 0 Å². The van der Waals surface area contributed by atoms with E-state index in [0.717, 1.165) is 18.0 Å². The van der Waals surface area contributed by atoms with Crippen molar-refractivity contribution >= 4 is 0 Å². The van der Waals surface area contributed by atoms with Gasteiger partial charge in [0.1, 0.15) is 0 Å². The van der Waals surface area contributed by atoms with E-state index in [0.29, 0.717) is 6.04 Å². The molecule has 0 radical (unpaired) electrons. The van der Waals surface area contributed by atoms with Crippen LogP contribution in [0.4, 0.5) is 0 Å². The smallest absolute Gasteiger partial charge is 0.0388 e. The Labute approximate surface area is 180 Å². The van der Waals surface area contributed by atoms with E-state index in [4.69, 9.17) is 0 Å². The monoisotopic (exact) mass is 395 g/mol. The van der Waals surface area contributed by atoms with E-state index >= 15 is 0 Å². The second-order valence-corrected chi connectivity index (χ2v) is 10.3. The van der Waals surface area contributed by atoms with Crippen molar-refractivity contribution in [3.05, 3.63) is 35.4 Å². The summed E-state index contributed by atoms with van der Waals surface area (Å²) >= 11 is 0. The summed E-state index contributed by atoms with van der Waals surface area (Å²) in [4.78, 5) is 3.10. The lowest BCUT2D eigenvalue weighted by atomic mass is 9.80. The third-order valence-corrected chi connectivity index (χ3v) is 8.28. The molecule has 1 aromatic carbocycles. The minimum atomic E-state index is 0.701. The zero-order valence-electron chi connectivity index (χ0n) is 19.1. The molecule has 0 bridgehead atoms. The van der Waals surface area contributed by atoms with Gasteiger partial charge in [0.2, 0.25) is 0 Å². The second-order valence-electron chi connectivity index (χ2n) is 10.3. The Morgan fingerprint density at radius 3 is 2.07 bits per heavy atom. The summed E-state index contributed by atoms with van der Waals surface area (Å²) in [5, 5.41) is 0. The van der Waals surface area contributed by atoms with Gasteiger partial charge in [0.25, 0.3) is 0 Å². The average molecular weight is 396 g/mol. The molecule has 1 heterocycles. The summed E-state index contributed by atoms with van der Waals surface area (Å²) in [6, 6.07) is 11.9. The molecule has 0 amide bonds. The lowest BCUT2D eigenvalue weighted by Gasteiger charge is -2.43. The number of unbranched alkanes of at least 4 members (excludes halogenated alkanes) is 5. The summed E-state index contributed by atoms with van der Waals surface area (Å²) in [5.41, 5.74) is 3.43. The standard InChI is InChI=1S/C28H45N/c1-2-3-4-5-6-13-22-27-25-20-14-15-21-26(25)28(23-16-9-7-10-17-23)29(27)24-18-11-8-12-19-24/h14-15,20-21,23-24,27-28H,2-13,16-19,22H2,1H3. The zero-order valence-corrected chi connectivity index (χ0v) is 19.1. The Balaban J connectivity index is 1.53. The first kappa shape index (κ1) is 21.4. The van der Waals surface area contributed by atoms with Crippen LogP contribution >= 0.6 is 0 Å². The number of fused-ring (bicyclic) bond motifs is 1. The van der Waals surface area contributed by atoms with Crippen molar-refractivity contribution in [2.24, 2.45) is 5.92 Å². The van der Waals surface area contributed by atoms with Crippen LogP contribution in [0.25, 0.3) is 0 Å². The van der Waals surface area contributed by atoms with Gasteiger partial charge < -0.3 is 0 Å². The molecule has 2 saturated carbocycles. The Morgan fingerprint density at radius 1 is 0.724 bits per heavy atom. The van der Waals surface area contributed by atoms with Crippen LogP contribution in [0, 0.1) is 5.92 Å². The Bertz CT molecular complexity index is 596. The molecule has 1 heteroatoms. The lowest BCUT2D eigenvalue weighted by Crippen LogP contribution is -2.41. The quantitative estimate of drug-likeness (QED) is 0.378. The fourth-order valence-corrected chi connectivity index (χ4v) is 6.83. The van der Waals surface area contributed by atoms with Crippen molar-refractivity contribution in [3.8, 4) is 0 Å². The minimum absolute atomic E-state index is 0.701. The van der Waals surface area contributed by atoms with Crippen LogP contribution in [0.3, 0.4) is 0 Å². The molecule has 2 fully saturated rings. The first-order chi connectivity index (χ1) is 14.4. The van der Waals surface area contributed by atoms with E-state index < -0.39 is 0 Å². The maximum atomic E-state index is 3.10. The van der Waals surface area contributed by atoms with Crippen LogP contribution in [0.5, 0.6) is 0 Å². The van der Waals surface area contributed by atoms with Gasteiger partial charge in [-0.05, 0) is 49.1 Å². The second kappa shape index (κ2) is 11.0. The molecular weight excluding hydrogens is 350 g/mol. The normalized spacial score (nSPS) is 26.7. The Morgan fingerprint density at radius 2 is 1.34 bits per heavy atom. The molecule has 1 nitrogen and oxygen atoms in total. The van der Waals surface area contributed by atoms with Gasteiger partial charge in [0.05, 0.1) is 0 Å². The molecule has 2 aliphatic carbocycles. The van der Waals surface area contributed by atoms with Crippen LogP contribution in [0.2, 0.25) is 0 Å². The van der Waals surface area contributed by atoms with Crippen molar-refractivity contribution in [1.29, 1.82) is 0 Å². The first-order valence-corrected chi connectivity index (χ1v) is 13.3. The van der Waals surface area contributed by atoms with E-state index in [9.17, 15) is 0 Å².